The van der Waals surface area contributed by atoms with Gasteiger partial charge < -0.3 is 10.5 Å². The largest absolute Gasteiger partial charge is 0.468 e. The van der Waals surface area contributed by atoms with Crippen LogP contribution in [0.4, 0.5) is 5.69 Å². The summed E-state index contributed by atoms with van der Waals surface area (Å²) in [6.07, 6.45) is 1.08. The molecule has 0 aliphatic carbocycles. The predicted octanol–water partition coefficient (Wildman–Crippen LogP) is 0.0958. The first-order chi connectivity index (χ1) is 7.82. The number of rotatable bonds is 4. The molecule has 1 unspecified atom stereocenters. The van der Waals surface area contributed by atoms with Gasteiger partial charge in [0.1, 0.15) is 17.9 Å². The fourth-order valence-corrected chi connectivity index (χ4v) is 1.47. The molecule has 0 saturated carbocycles. The van der Waals surface area contributed by atoms with Gasteiger partial charge in [0.05, 0.1) is 12.0 Å². The van der Waals surface area contributed by atoms with Gasteiger partial charge in [-0.25, -0.2) is 0 Å². The highest BCUT2D eigenvalue weighted by Gasteiger charge is 2.40. The van der Waals surface area contributed by atoms with Gasteiger partial charge in [0.25, 0.3) is 0 Å². The van der Waals surface area contributed by atoms with E-state index in [0.717, 1.165) is 6.20 Å². The maximum absolute atomic E-state index is 11.4. The lowest BCUT2D eigenvalue weighted by Gasteiger charge is -2.27. The van der Waals surface area contributed by atoms with Crippen molar-refractivity contribution in [2.75, 3.05) is 7.11 Å². The van der Waals surface area contributed by atoms with Gasteiger partial charge in [0.2, 0.25) is 0 Å². The van der Waals surface area contributed by atoms with Gasteiger partial charge >= 0.3 is 11.7 Å². The summed E-state index contributed by atoms with van der Waals surface area (Å²) in [6, 6.07) is -1.02. The van der Waals surface area contributed by atoms with Crippen molar-refractivity contribution in [3.63, 3.8) is 0 Å². The summed E-state index contributed by atoms with van der Waals surface area (Å²) in [4.78, 5) is 21.6. The van der Waals surface area contributed by atoms with E-state index in [9.17, 15) is 14.9 Å². The van der Waals surface area contributed by atoms with Crippen LogP contribution in [0.15, 0.2) is 6.20 Å². The summed E-state index contributed by atoms with van der Waals surface area (Å²) in [7, 11) is 1.21. The molecule has 1 aromatic heterocycles. The molecule has 1 rings (SSSR count). The van der Waals surface area contributed by atoms with E-state index >= 15 is 0 Å². The zero-order chi connectivity index (χ0) is 13.2. The Morgan fingerprint density at radius 1 is 1.71 bits per heavy atom. The molecular formula is C9H14N4O4. The minimum atomic E-state index is -1.02. The van der Waals surface area contributed by atoms with Crippen molar-refractivity contribution < 1.29 is 14.5 Å². The van der Waals surface area contributed by atoms with E-state index in [1.165, 1.54) is 7.11 Å². The molecule has 0 aromatic carbocycles. The lowest BCUT2D eigenvalue weighted by molar-refractivity contribution is -0.386. The van der Waals surface area contributed by atoms with Crippen LogP contribution in [-0.4, -0.2) is 34.2 Å². The molecule has 0 saturated heterocycles. The standard InChI is InChI=1S/C9H14N4O4/c1-9(2,6(10)8(14)17-3)7-5(13(15)16)4-11-12-7/h4,6H,10H2,1-3H3,(H,11,12). The second-order valence-electron chi connectivity index (χ2n) is 4.11. The number of nitrogens with two attached hydrogens (primary N) is 1. The van der Waals surface area contributed by atoms with Crippen LogP contribution in [0.2, 0.25) is 0 Å². The predicted molar refractivity (Wildman–Crippen MR) is 58.3 cm³/mol. The third-order valence-corrected chi connectivity index (χ3v) is 2.69. The molecule has 17 heavy (non-hydrogen) atoms. The summed E-state index contributed by atoms with van der Waals surface area (Å²) < 4.78 is 4.53. The first-order valence-electron chi connectivity index (χ1n) is 4.84. The van der Waals surface area contributed by atoms with Crippen molar-refractivity contribution >= 4 is 11.7 Å². The highest BCUT2D eigenvalue weighted by molar-refractivity contribution is 5.77. The summed E-state index contributed by atoms with van der Waals surface area (Å²) in [5.74, 6) is -0.640. The van der Waals surface area contributed by atoms with E-state index in [4.69, 9.17) is 5.73 Å². The van der Waals surface area contributed by atoms with Gasteiger partial charge in [0, 0.05) is 5.41 Å². The number of esters is 1. The quantitative estimate of drug-likeness (QED) is 0.438. The van der Waals surface area contributed by atoms with Gasteiger partial charge in [0.15, 0.2) is 0 Å². The molecule has 1 atom stereocenters. The Balaban J connectivity index is 3.16. The minimum absolute atomic E-state index is 0.195. The first kappa shape index (κ1) is 13.1. The monoisotopic (exact) mass is 242 g/mol. The summed E-state index contributed by atoms with van der Waals surface area (Å²) >= 11 is 0. The SMILES string of the molecule is COC(=O)C(N)C(C)(C)c1[nH]ncc1[N+](=O)[O-]. The number of aromatic amines is 1. The van der Waals surface area contributed by atoms with Crippen molar-refractivity contribution in [2.24, 2.45) is 5.73 Å². The van der Waals surface area contributed by atoms with E-state index in [0.29, 0.717) is 0 Å². The molecule has 0 spiro atoms. The minimum Gasteiger partial charge on any atom is -0.468 e. The number of aromatic nitrogens is 2. The number of nitrogens with zero attached hydrogens (tertiary/aromatic N) is 2. The van der Waals surface area contributed by atoms with E-state index in [-0.39, 0.29) is 11.4 Å². The molecular weight excluding hydrogens is 228 g/mol. The van der Waals surface area contributed by atoms with Gasteiger partial charge in [-0.05, 0) is 0 Å². The fraction of sp³-hybridized carbons (Fsp3) is 0.556. The number of H-pyrrole nitrogens is 1. The Bertz CT molecular complexity index is 440. The molecule has 94 valence electrons. The van der Waals surface area contributed by atoms with Crippen LogP contribution in [-0.2, 0) is 14.9 Å². The van der Waals surface area contributed by atoms with E-state index < -0.39 is 22.3 Å². The maximum atomic E-state index is 11.4. The third-order valence-electron chi connectivity index (χ3n) is 2.69. The number of hydrogen-bond donors (Lipinski definition) is 2. The van der Waals surface area contributed by atoms with Crippen LogP contribution in [0.1, 0.15) is 19.5 Å². The van der Waals surface area contributed by atoms with Crippen LogP contribution >= 0.6 is 0 Å². The number of ether oxygens (including phenoxy) is 1. The highest BCUT2D eigenvalue weighted by Crippen LogP contribution is 2.31. The molecule has 8 heteroatoms. The van der Waals surface area contributed by atoms with Crippen molar-refractivity contribution in [1.82, 2.24) is 10.2 Å². The van der Waals surface area contributed by atoms with Gasteiger partial charge in [-0.15, -0.1) is 0 Å². The van der Waals surface area contributed by atoms with Crippen molar-refractivity contribution in [3.05, 3.63) is 22.0 Å². The topological polar surface area (TPSA) is 124 Å². The van der Waals surface area contributed by atoms with Crippen LogP contribution in [0.25, 0.3) is 0 Å². The molecule has 0 radical (unpaired) electrons. The third kappa shape index (κ3) is 2.26. The number of nitrogens with one attached hydrogen (secondary N) is 1. The van der Waals surface area contributed by atoms with Crippen molar-refractivity contribution in [1.29, 1.82) is 0 Å². The lowest BCUT2D eigenvalue weighted by Crippen LogP contribution is -2.47. The fourth-order valence-electron chi connectivity index (χ4n) is 1.47. The average Bonchev–Trinajstić information content (AvgIpc) is 2.76. The Labute approximate surface area is 97.3 Å². The van der Waals surface area contributed by atoms with Crippen LogP contribution < -0.4 is 5.73 Å². The Morgan fingerprint density at radius 2 is 2.29 bits per heavy atom. The second-order valence-corrected chi connectivity index (χ2v) is 4.11. The zero-order valence-electron chi connectivity index (χ0n) is 9.76. The molecule has 1 aromatic rings. The molecule has 8 nitrogen and oxygen atoms in total. The normalized spacial score (nSPS) is 13.2. The number of carbonyl (C=O) groups excluding carboxylic acids is 1. The number of methoxy groups -OCH3 is 1. The highest BCUT2D eigenvalue weighted by atomic mass is 16.6. The molecule has 0 bridgehead atoms. The summed E-state index contributed by atoms with van der Waals surface area (Å²) in [5, 5.41) is 16.9. The average molecular weight is 242 g/mol. The molecule has 0 fully saturated rings. The maximum Gasteiger partial charge on any atom is 0.323 e. The number of hydrogen-bond acceptors (Lipinski definition) is 6. The number of carbonyl (C=O) groups is 1. The Kier molecular flexibility index (Phi) is 3.47. The molecule has 0 aliphatic heterocycles. The van der Waals surface area contributed by atoms with Crippen LogP contribution in [0, 0.1) is 10.1 Å². The summed E-state index contributed by atoms with van der Waals surface area (Å²) in [5.41, 5.74) is 4.74. The first-order valence-corrected chi connectivity index (χ1v) is 4.84. The van der Waals surface area contributed by atoms with E-state index in [2.05, 4.69) is 14.9 Å². The van der Waals surface area contributed by atoms with Crippen LogP contribution in [0.5, 0.6) is 0 Å². The molecule has 1 heterocycles. The van der Waals surface area contributed by atoms with E-state index in [1.54, 1.807) is 13.8 Å². The Hall–Kier alpha value is -1.96. The second kappa shape index (κ2) is 4.50. The zero-order valence-corrected chi connectivity index (χ0v) is 9.76. The van der Waals surface area contributed by atoms with Gasteiger partial charge in [-0.3, -0.25) is 20.0 Å². The summed E-state index contributed by atoms with van der Waals surface area (Å²) in [6.45, 7) is 3.21. The Morgan fingerprint density at radius 3 is 2.76 bits per heavy atom. The van der Waals surface area contributed by atoms with Gasteiger partial charge in [-0.2, -0.15) is 5.10 Å². The van der Waals surface area contributed by atoms with Crippen LogP contribution in [0.3, 0.4) is 0 Å². The van der Waals surface area contributed by atoms with Gasteiger partial charge in [-0.1, -0.05) is 13.8 Å². The van der Waals surface area contributed by atoms with Crippen molar-refractivity contribution in [2.45, 2.75) is 25.3 Å². The number of nitro groups is 1. The smallest absolute Gasteiger partial charge is 0.323 e. The molecule has 0 amide bonds. The lowest BCUT2D eigenvalue weighted by atomic mass is 9.81. The van der Waals surface area contributed by atoms with E-state index in [1.807, 2.05) is 0 Å². The molecule has 0 aliphatic rings. The van der Waals surface area contributed by atoms with Crippen molar-refractivity contribution in [3.8, 4) is 0 Å². The molecule has 3 N–H and O–H groups in total.